The average Bonchev–Trinajstić information content (AvgIpc) is 1.24. The van der Waals surface area contributed by atoms with Gasteiger partial charge in [-0.1, -0.05) is 0 Å². The van der Waals surface area contributed by atoms with Crippen molar-refractivity contribution in [3.8, 4) is 0 Å². The molecule has 0 aromatic rings. The van der Waals surface area contributed by atoms with Crippen LogP contribution in [-0.4, -0.2) is 0 Å². The van der Waals surface area contributed by atoms with Gasteiger partial charge in [0.25, 0.3) is 0 Å². The lowest BCUT2D eigenvalue weighted by molar-refractivity contribution is -0.283. The molecule has 4 bridgehead atoms. The fraction of sp³-hybridized carbons (Fsp3) is 1.00. The van der Waals surface area contributed by atoms with Crippen LogP contribution in [0.4, 0.5) is 0 Å². The van der Waals surface area contributed by atoms with Gasteiger partial charge in [0, 0.05) is 0 Å². The molecule has 5 aliphatic carbocycles. The Bertz CT molecular complexity index is 72.6. The Hall–Kier alpha value is 0. The van der Waals surface area contributed by atoms with Gasteiger partial charge in [0.15, 0.2) is 0 Å². The van der Waals surface area contributed by atoms with Crippen molar-refractivity contribution in [2.45, 2.75) is 12.8 Å². The summed E-state index contributed by atoms with van der Waals surface area (Å²) in [5.74, 6) is 5.09. The lowest BCUT2D eigenvalue weighted by Crippen LogP contribution is -2.70. The van der Waals surface area contributed by atoms with Gasteiger partial charge >= 0.3 is 0 Å². The van der Waals surface area contributed by atoms with Crippen molar-refractivity contribution >= 4 is 0 Å². The maximum absolute atomic E-state index is 1.62. The van der Waals surface area contributed by atoms with E-state index in [0.717, 1.165) is 0 Å². The molecule has 32 valence electrons. The van der Waals surface area contributed by atoms with E-state index in [1.54, 1.807) is 12.8 Å². The van der Waals surface area contributed by atoms with Gasteiger partial charge in [-0.2, -0.15) is 0 Å². The highest BCUT2D eigenvalue weighted by Crippen LogP contribution is 2.77. The van der Waals surface area contributed by atoms with Gasteiger partial charge in [0.1, 0.15) is 0 Å². The fourth-order valence-electron chi connectivity index (χ4n) is 2.37. The maximum atomic E-state index is 1.62. The first-order valence-corrected chi connectivity index (χ1v) is 2.97. The summed E-state index contributed by atoms with van der Waals surface area (Å²) in [7, 11) is 0. The molecular weight excluding hydrogens is 72.1 g/mol. The second-order valence-electron chi connectivity index (χ2n) is 3.13. The Morgan fingerprint density at radius 2 is 1.00 bits per heavy atom. The SMILES string of the molecule is C1C2C3CC2C13. The zero-order chi connectivity index (χ0) is 3.72. The molecule has 0 N–H and O–H groups in total. The normalized spacial score (nSPS) is 80.0. The van der Waals surface area contributed by atoms with Crippen molar-refractivity contribution in [3.63, 3.8) is 0 Å². The van der Waals surface area contributed by atoms with Crippen LogP contribution in [0.1, 0.15) is 12.8 Å². The van der Waals surface area contributed by atoms with E-state index < -0.39 is 0 Å². The van der Waals surface area contributed by atoms with Gasteiger partial charge in [-0.05, 0) is 36.5 Å². The Morgan fingerprint density at radius 3 is 1.00 bits per heavy atom. The van der Waals surface area contributed by atoms with Crippen LogP contribution >= 0.6 is 0 Å². The maximum Gasteiger partial charge on any atom is -0.0349 e. The summed E-state index contributed by atoms with van der Waals surface area (Å²) in [5, 5.41) is 0. The number of hydrogen-bond acceptors (Lipinski definition) is 0. The fourth-order valence-corrected chi connectivity index (χ4v) is 2.37. The summed E-state index contributed by atoms with van der Waals surface area (Å²) in [6, 6.07) is 0. The molecular formula is C6H8. The molecule has 0 radical (unpaired) electrons. The topological polar surface area (TPSA) is 0 Å². The molecule has 0 aromatic heterocycles. The van der Waals surface area contributed by atoms with E-state index in [1.165, 1.54) is 23.7 Å². The Labute approximate surface area is 37.5 Å². The van der Waals surface area contributed by atoms with E-state index in [0.29, 0.717) is 0 Å². The van der Waals surface area contributed by atoms with Crippen LogP contribution in [0.5, 0.6) is 0 Å². The van der Waals surface area contributed by atoms with E-state index in [4.69, 9.17) is 0 Å². The van der Waals surface area contributed by atoms with Gasteiger partial charge in [0.05, 0.1) is 0 Å². The molecule has 5 aliphatic rings. The van der Waals surface area contributed by atoms with E-state index in [2.05, 4.69) is 0 Å². The summed E-state index contributed by atoms with van der Waals surface area (Å²) in [6.07, 6.45) is 3.24. The summed E-state index contributed by atoms with van der Waals surface area (Å²) in [6.45, 7) is 0. The van der Waals surface area contributed by atoms with Crippen molar-refractivity contribution in [2.75, 3.05) is 0 Å². The highest BCUT2D eigenvalue weighted by Gasteiger charge is 2.70. The highest BCUT2D eigenvalue weighted by atomic mass is 14.7. The molecule has 5 fully saturated rings. The zero-order valence-electron chi connectivity index (χ0n) is 3.72. The van der Waals surface area contributed by atoms with Crippen LogP contribution in [0, 0.1) is 23.7 Å². The molecule has 0 aliphatic heterocycles. The minimum Gasteiger partial charge on any atom is -0.0465 e. The molecule has 0 aromatic carbocycles. The molecule has 0 unspecified atom stereocenters. The molecule has 5 saturated carbocycles. The Kier molecular flexibility index (Phi) is 0.159. The minimum absolute atomic E-state index is 1.27. The molecule has 0 heteroatoms. The van der Waals surface area contributed by atoms with Crippen LogP contribution in [0.15, 0.2) is 0 Å². The summed E-state index contributed by atoms with van der Waals surface area (Å²) < 4.78 is 0. The predicted molar refractivity (Wildman–Crippen MR) is 23.2 cm³/mol. The number of hydrogen-bond donors (Lipinski definition) is 0. The molecule has 0 amide bonds. The van der Waals surface area contributed by atoms with Gasteiger partial charge in [-0.3, -0.25) is 0 Å². The summed E-state index contributed by atoms with van der Waals surface area (Å²) >= 11 is 0. The first-order valence-electron chi connectivity index (χ1n) is 2.97. The standard InChI is InChI=1S/C6H8/c1-3-5-2-6(3)4(1)5/h3-6H,1-2H2. The van der Waals surface area contributed by atoms with Crippen LogP contribution in [-0.2, 0) is 0 Å². The van der Waals surface area contributed by atoms with Crippen molar-refractivity contribution in [1.82, 2.24) is 0 Å². The van der Waals surface area contributed by atoms with Crippen LogP contribution in [0.2, 0.25) is 0 Å². The van der Waals surface area contributed by atoms with Gasteiger partial charge in [-0.15, -0.1) is 0 Å². The lowest BCUT2D eigenvalue weighted by atomic mass is 9.28. The first kappa shape index (κ1) is 2.34. The second kappa shape index (κ2) is 0.408. The van der Waals surface area contributed by atoms with Crippen molar-refractivity contribution < 1.29 is 0 Å². The molecule has 0 atom stereocenters. The average molecular weight is 80.1 g/mol. The van der Waals surface area contributed by atoms with Crippen LogP contribution in [0.3, 0.4) is 0 Å². The third-order valence-electron chi connectivity index (χ3n) is 3.29. The molecule has 0 saturated heterocycles. The molecule has 6 heavy (non-hydrogen) atoms. The van der Waals surface area contributed by atoms with E-state index >= 15 is 0 Å². The number of rotatable bonds is 0. The van der Waals surface area contributed by atoms with Crippen molar-refractivity contribution in [3.05, 3.63) is 0 Å². The zero-order valence-corrected chi connectivity index (χ0v) is 3.72. The van der Waals surface area contributed by atoms with Crippen molar-refractivity contribution in [2.24, 2.45) is 23.7 Å². The second-order valence-corrected chi connectivity index (χ2v) is 3.13. The smallest absolute Gasteiger partial charge is 0.0349 e. The summed E-state index contributed by atoms with van der Waals surface area (Å²) in [4.78, 5) is 0. The molecule has 5 rings (SSSR count). The Balaban J connectivity index is 2.15. The van der Waals surface area contributed by atoms with Crippen molar-refractivity contribution in [1.29, 1.82) is 0 Å². The highest BCUT2D eigenvalue weighted by molar-refractivity contribution is 5.18. The summed E-state index contributed by atoms with van der Waals surface area (Å²) in [5.41, 5.74) is 0. The minimum atomic E-state index is 1.27. The predicted octanol–water partition coefficient (Wildman–Crippen LogP) is 1.27. The Morgan fingerprint density at radius 1 is 0.667 bits per heavy atom. The molecule has 0 nitrogen and oxygen atoms in total. The molecule has 0 spiro atoms. The van der Waals surface area contributed by atoms with Crippen LogP contribution < -0.4 is 0 Å². The largest absolute Gasteiger partial charge is 0.0465 e. The van der Waals surface area contributed by atoms with Gasteiger partial charge in [-0.25, -0.2) is 0 Å². The third-order valence-corrected chi connectivity index (χ3v) is 3.29. The molecule has 0 heterocycles. The monoisotopic (exact) mass is 80.1 g/mol. The lowest BCUT2D eigenvalue weighted by Gasteiger charge is -2.77. The van der Waals surface area contributed by atoms with E-state index in [-0.39, 0.29) is 0 Å². The van der Waals surface area contributed by atoms with Gasteiger partial charge in [0.2, 0.25) is 0 Å². The third kappa shape index (κ3) is 0.0625. The quantitative estimate of drug-likeness (QED) is 0.411. The first-order chi connectivity index (χ1) is 2.97. The van der Waals surface area contributed by atoms with Gasteiger partial charge < -0.3 is 0 Å². The van der Waals surface area contributed by atoms with E-state index in [1.807, 2.05) is 0 Å². The van der Waals surface area contributed by atoms with E-state index in [9.17, 15) is 0 Å². The van der Waals surface area contributed by atoms with Crippen LogP contribution in [0.25, 0.3) is 0 Å².